The van der Waals surface area contributed by atoms with Crippen LogP contribution < -0.4 is 15.5 Å². The number of benzene rings is 2. The number of carbonyl (C=O) groups excluding carboxylic acids is 3. The number of anilines is 2. The molecule has 31 heavy (non-hydrogen) atoms. The van der Waals surface area contributed by atoms with Crippen molar-refractivity contribution in [2.24, 2.45) is 0 Å². The van der Waals surface area contributed by atoms with Crippen LogP contribution in [-0.2, 0) is 20.9 Å². The summed E-state index contributed by atoms with van der Waals surface area (Å²) in [6, 6.07) is 13.2. The van der Waals surface area contributed by atoms with Crippen molar-refractivity contribution in [3.8, 4) is 0 Å². The standard InChI is InChI=1S/C24H32N4O3/c1-6-28(15-23(30)26-22-11-9-21(10-12-22)25-19(4)29)24(31)16-27(5)14-20-8-7-17(2)13-18(20)3/h7-13H,6,14-16H2,1-5H3,(H,25,29)(H,26,30)/p+1. The number of nitrogens with one attached hydrogen (secondary N) is 3. The smallest absolute Gasteiger partial charge is 0.278 e. The summed E-state index contributed by atoms with van der Waals surface area (Å²) >= 11 is 0. The van der Waals surface area contributed by atoms with Gasteiger partial charge in [0.25, 0.3) is 5.91 Å². The Hall–Kier alpha value is -3.19. The van der Waals surface area contributed by atoms with Crippen molar-refractivity contribution in [1.82, 2.24) is 4.90 Å². The van der Waals surface area contributed by atoms with Gasteiger partial charge < -0.3 is 20.4 Å². The number of carbonyl (C=O) groups is 3. The number of amides is 3. The van der Waals surface area contributed by atoms with Crippen molar-refractivity contribution >= 4 is 29.1 Å². The first-order valence-electron chi connectivity index (χ1n) is 10.5. The molecule has 0 spiro atoms. The first-order valence-corrected chi connectivity index (χ1v) is 10.5. The van der Waals surface area contributed by atoms with Crippen molar-refractivity contribution < 1.29 is 19.3 Å². The molecular weight excluding hydrogens is 392 g/mol. The highest BCUT2D eigenvalue weighted by molar-refractivity contribution is 5.95. The van der Waals surface area contributed by atoms with Crippen LogP contribution >= 0.6 is 0 Å². The molecule has 0 aliphatic carbocycles. The molecule has 1 atom stereocenters. The Bertz CT molecular complexity index is 925. The largest absolute Gasteiger partial charge is 0.329 e. The minimum atomic E-state index is -0.255. The molecule has 3 amide bonds. The van der Waals surface area contributed by atoms with Gasteiger partial charge in [-0.2, -0.15) is 0 Å². The summed E-state index contributed by atoms with van der Waals surface area (Å²) in [6.45, 7) is 8.99. The van der Waals surface area contributed by atoms with Crippen LogP contribution in [0.2, 0.25) is 0 Å². The number of nitrogens with zero attached hydrogens (tertiary/aromatic N) is 1. The highest BCUT2D eigenvalue weighted by atomic mass is 16.2. The predicted octanol–water partition coefficient (Wildman–Crippen LogP) is 1.76. The SMILES string of the molecule is CCN(CC(=O)Nc1ccc(NC(C)=O)cc1)C(=O)C[NH+](C)Cc1ccc(C)cc1C. The van der Waals surface area contributed by atoms with Gasteiger partial charge in [-0.3, -0.25) is 14.4 Å². The zero-order chi connectivity index (χ0) is 23.0. The van der Waals surface area contributed by atoms with Crippen molar-refractivity contribution in [2.75, 3.05) is 37.3 Å². The van der Waals surface area contributed by atoms with Crippen molar-refractivity contribution in [3.63, 3.8) is 0 Å². The molecule has 0 aliphatic heterocycles. The van der Waals surface area contributed by atoms with Gasteiger partial charge in [0.1, 0.15) is 13.1 Å². The van der Waals surface area contributed by atoms with E-state index in [0.29, 0.717) is 24.5 Å². The van der Waals surface area contributed by atoms with Crippen LogP contribution in [0.1, 0.15) is 30.5 Å². The zero-order valence-electron chi connectivity index (χ0n) is 19.0. The number of hydrogen-bond acceptors (Lipinski definition) is 3. The number of aryl methyl sites for hydroxylation is 2. The predicted molar refractivity (Wildman–Crippen MR) is 123 cm³/mol. The Balaban J connectivity index is 1.88. The maximum atomic E-state index is 12.7. The van der Waals surface area contributed by atoms with Crippen LogP contribution in [0.5, 0.6) is 0 Å². The molecule has 0 fully saturated rings. The molecule has 166 valence electrons. The molecule has 7 heteroatoms. The van der Waals surface area contributed by atoms with Gasteiger partial charge in [-0.1, -0.05) is 23.8 Å². The molecule has 7 nitrogen and oxygen atoms in total. The lowest BCUT2D eigenvalue weighted by Crippen LogP contribution is -3.09. The van der Waals surface area contributed by atoms with E-state index in [1.54, 1.807) is 29.2 Å². The fraction of sp³-hybridized carbons (Fsp3) is 0.375. The minimum absolute atomic E-state index is 0.000377. The molecule has 0 saturated heterocycles. The molecule has 0 saturated carbocycles. The van der Waals surface area contributed by atoms with E-state index in [1.807, 2.05) is 14.0 Å². The number of quaternary nitrogens is 1. The average Bonchev–Trinajstić information content (AvgIpc) is 2.69. The van der Waals surface area contributed by atoms with E-state index in [9.17, 15) is 14.4 Å². The summed E-state index contributed by atoms with van der Waals surface area (Å²) in [7, 11) is 1.99. The van der Waals surface area contributed by atoms with Gasteiger partial charge in [0.15, 0.2) is 6.54 Å². The van der Waals surface area contributed by atoms with Crippen LogP contribution in [0.25, 0.3) is 0 Å². The van der Waals surface area contributed by atoms with Crippen molar-refractivity contribution in [2.45, 2.75) is 34.2 Å². The van der Waals surface area contributed by atoms with E-state index in [4.69, 9.17) is 0 Å². The molecule has 3 N–H and O–H groups in total. The lowest BCUT2D eigenvalue weighted by molar-refractivity contribution is -0.885. The van der Waals surface area contributed by atoms with Gasteiger partial charge in [-0.05, 0) is 50.6 Å². The first kappa shape index (κ1) is 24.1. The summed E-state index contributed by atoms with van der Waals surface area (Å²) in [5.74, 6) is -0.464. The second-order valence-electron chi connectivity index (χ2n) is 7.96. The Labute approximate surface area is 184 Å². The molecule has 0 bridgehead atoms. The maximum Gasteiger partial charge on any atom is 0.278 e. The molecular formula is C24H33N4O3+. The molecule has 0 aromatic heterocycles. The van der Waals surface area contributed by atoms with E-state index in [-0.39, 0.29) is 24.3 Å². The van der Waals surface area contributed by atoms with Crippen LogP contribution in [-0.4, -0.2) is 49.3 Å². The molecule has 0 radical (unpaired) electrons. The van der Waals surface area contributed by atoms with Gasteiger partial charge in [0.2, 0.25) is 11.8 Å². The average molecular weight is 426 g/mol. The third kappa shape index (κ3) is 7.86. The second-order valence-corrected chi connectivity index (χ2v) is 7.96. The fourth-order valence-electron chi connectivity index (χ4n) is 3.39. The Morgan fingerprint density at radius 2 is 1.58 bits per heavy atom. The van der Waals surface area contributed by atoms with Gasteiger partial charge in [-0.25, -0.2) is 0 Å². The van der Waals surface area contributed by atoms with Gasteiger partial charge in [0, 0.05) is 30.4 Å². The van der Waals surface area contributed by atoms with Gasteiger partial charge >= 0.3 is 0 Å². The van der Waals surface area contributed by atoms with Gasteiger partial charge in [0.05, 0.1) is 7.05 Å². The summed E-state index contributed by atoms with van der Waals surface area (Å²) in [5, 5.41) is 5.47. The molecule has 1 unspecified atom stereocenters. The van der Waals surface area contributed by atoms with Crippen LogP contribution in [0.3, 0.4) is 0 Å². The highest BCUT2D eigenvalue weighted by Crippen LogP contribution is 2.13. The van der Waals surface area contributed by atoms with E-state index >= 15 is 0 Å². The van der Waals surface area contributed by atoms with Crippen molar-refractivity contribution in [1.29, 1.82) is 0 Å². The molecule has 2 aromatic carbocycles. The second kappa shape index (κ2) is 11.3. The summed E-state index contributed by atoms with van der Waals surface area (Å²) in [4.78, 5) is 38.9. The summed E-state index contributed by atoms with van der Waals surface area (Å²) in [5.41, 5.74) is 4.94. The number of hydrogen-bond donors (Lipinski definition) is 3. The summed E-state index contributed by atoms with van der Waals surface area (Å²) < 4.78 is 0. The topological polar surface area (TPSA) is 83.0 Å². The third-order valence-electron chi connectivity index (χ3n) is 5.00. The molecule has 2 aromatic rings. The molecule has 0 aliphatic rings. The third-order valence-corrected chi connectivity index (χ3v) is 5.00. The zero-order valence-corrected chi connectivity index (χ0v) is 19.0. The van der Waals surface area contributed by atoms with Crippen molar-refractivity contribution in [3.05, 3.63) is 59.2 Å². The fourth-order valence-corrected chi connectivity index (χ4v) is 3.39. The monoisotopic (exact) mass is 425 g/mol. The van der Waals surface area contributed by atoms with E-state index < -0.39 is 0 Å². The quantitative estimate of drug-likeness (QED) is 0.573. The van der Waals surface area contributed by atoms with Gasteiger partial charge in [-0.15, -0.1) is 0 Å². The minimum Gasteiger partial charge on any atom is -0.329 e. The van der Waals surface area contributed by atoms with Crippen LogP contribution in [0.15, 0.2) is 42.5 Å². The Morgan fingerprint density at radius 3 is 2.13 bits per heavy atom. The van der Waals surface area contributed by atoms with E-state index in [1.165, 1.54) is 23.6 Å². The Kier molecular flexibility index (Phi) is 8.75. The Morgan fingerprint density at radius 1 is 0.968 bits per heavy atom. The lowest BCUT2D eigenvalue weighted by atomic mass is 10.1. The lowest BCUT2D eigenvalue weighted by Gasteiger charge is -2.23. The molecule has 0 heterocycles. The van der Waals surface area contributed by atoms with Crippen LogP contribution in [0, 0.1) is 13.8 Å². The number of likely N-dealkylation sites (N-methyl/N-ethyl adjacent to an activating group) is 2. The van der Waals surface area contributed by atoms with E-state index in [0.717, 1.165) is 11.4 Å². The summed E-state index contributed by atoms with van der Waals surface area (Å²) in [6.07, 6.45) is 0. The van der Waals surface area contributed by atoms with Crippen LogP contribution in [0.4, 0.5) is 11.4 Å². The molecule has 2 rings (SSSR count). The maximum absolute atomic E-state index is 12.7. The van der Waals surface area contributed by atoms with E-state index in [2.05, 4.69) is 42.7 Å². The first-order chi connectivity index (χ1) is 14.7. The normalized spacial score (nSPS) is 11.5. The number of rotatable bonds is 9. The highest BCUT2D eigenvalue weighted by Gasteiger charge is 2.20.